The summed E-state index contributed by atoms with van der Waals surface area (Å²) in [6.45, 7) is 2.07. The van der Waals surface area contributed by atoms with E-state index in [9.17, 15) is 22.8 Å². The summed E-state index contributed by atoms with van der Waals surface area (Å²) in [7, 11) is 0. The number of rotatable bonds is 4. The molecule has 0 aromatic heterocycles. The first-order valence-corrected chi connectivity index (χ1v) is 11.0. The Morgan fingerprint density at radius 3 is 2.48 bits per heavy atom. The Balaban J connectivity index is 1.36. The van der Waals surface area contributed by atoms with Crippen LogP contribution in [0.1, 0.15) is 31.2 Å². The van der Waals surface area contributed by atoms with Gasteiger partial charge in [-0.05, 0) is 61.7 Å². The quantitative estimate of drug-likeness (QED) is 0.679. The van der Waals surface area contributed by atoms with Crippen LogP contribution in [-0.2, 0) is 15.8 Å². The molecule has 1 saturated heterocycles. The number of carbonyl (C=O) groups excluding carboxylic acids is 2. The maximum absolute atomic E-state index is 12.9. The number of anilines is 3. The Labute approximate surface area is 182 Å². The lowest BCUT2D eigenvalue weighted by Gasteiger charge is -2.28. The van der Waals surface area contributed by atoms with E-state index >= 15 is 0 Å². The zero-order valence-corrected chi connectivity index (χ0v) is 17.5. The molecule has 0 aliphatic carbocycles. The molecule has 1 atom stereocenters. The van der Waals surface area contributed by atoms with E-state index in [2.05, 4.69) is 15.5 Å². The van der Waals surface area contributed by atoms with Crippen LogP contribution in [0.4, 0.5) is 30.2 Å². The third-order valence-electron chi connectivity index (χ3n) is 5.37. The van der Waals surface area contributed by atoms with Crippen molar-refractivity contribution in [1.82, 2.24) is 0 Å². The molecule has 2 amide bonds. The zero-order valence-electron chi connectivity index (χ0n) is 16.7. The molecule has 9 heteroatoms. The van der Waals surface area contributed by atoms with E-state index < -0.39 is 22.9 Å². The van der Waals surface area contributed by atoms with Crippen molar-refractivity contribution in [2.45, 2.75) is 42.0 Å². The summed E-state index contributed by atoms with van der Waals surface area (Å²) in [6.07, 6.45) is -0.943. The lowest BCUT2D eigenvalue weighted by molar-refractivity contribution is -0.137. The molecular formula is C22H22F3N3O2S. The fourth-order valence-corrected chi connectivity index (χ4v) is 4.84. The van der Waals surface area contributed by atoms with Crippen LogP contribution in [0, 0.1) is 0 Å². The van der Waals surface area contributed by atoms with Crippen molar-refractivity contribution < 1.29 is 22.8 Å². The molecule has 2 aliphatic rings. The molecule has 164 valence electrons. The van der Waals surface area contributed by atoms with Crippen molar-refractivity contribution in [1.29, 1.82) is 0 Å². The average Bonchev–Trinajstić information content (AvgIpc) is 2.74. The molecule has 2 aromatic carbocycles. The number of benzene rings is 2. The highest BCUT2D eigenvalue weighted by Crippen LogP contribution is 2.40. The minimum absolute atomic E-state index is 0.0785. The number of hydrogen-bond acceptors (Lipinski definition) is 4. The molecule has 0 saturated carbocycles. The van der Waals surface area contributed by atoms with Gasteiger partial charge in [0.25, 0.3) is 0 Å². The van der Waals surface area contributed by atoms with Gasteiger partial charge in [0.1, 0.15) is 0 Å². The molecule has 2 aliphatic heterocycles. The van der Waals surface area contributed by atoms with Gasteiger partial charge in [-0.15, -0.1) is 11.8 Å². The minimum Gasteiger partial charge on any atom is -0.372 e. The van der Waals surface area contributed by atoms with Gasteiger partial charge < -0.3 is 15.5 Å². The fourth-order valence-electron chi connectivity index (χ4n) is 3.75. The molecule has 0 unspecified atom stereocenters. The maximum Gasteiger partial charge on any atom is 0.416 e. The number of nitrogens with one attached hydrogen (secondary N) is 2. The highest BCUT2D eigenvalue weighted by Gasteiger charge is 2.34. The zero-order chi connectivity index (χ0) is 22.0. The molecule has 31 heavy (non-hydrogen) atoms. The third kappa shape index (κ3) is 5.15. The van der Waals surface area contributed by atoms with Crippen LogP contribution in [0.2, 0.25) is 0 Å². The second-order valence-electron chi connectivity index (χ2n) is 7.65. The first-order chi connectivity index (χ1) is 14.8. The van der Waals surface area contributed by atoms with E-state index in [1.54, 1.807) is 0 Å². The third-order valence-corrected chi connectivity index (χ3v) is 6.64. The van der Waals surface area contributed by atoms with Crippen molar-refractivity contribution >= 4 is 40.6 Å². The van der Waals surface area contributed by atoms with Gasteiger partial charge in [-0.25, -0.2) is 0 Å². The number of thioether (sulfide) groups is 1. The maximum atomic E-state index is 12.9. The highest BCUT2D eigenvalue weighted by atomic mass is 32.2. The van der Waals surface area contributed by atoms with E-state index in [0.29, 0.717) is 10.6 Å². The van der Waals surface area contributed by atoms with Crippen molar-refractivity contribution in [2.75, 3.05) is 28.6 Å². The molecular weight excluding hydrogens is 427 g/mol. The fraction of sp³-hybridized carbons (Fsp3) is 0.364. The molecule has 1 fully saturated rings. The van der Waals surface area contributed by atoms with Gasteiger partial charge in [-0.2, -0.15) is 13.2 Å². The number of hydrogen-bond donors (Lipinski definition) is 2. The first-order valence-electron chi connectivity index (χ1n) is 10.1. The lowest BCUT2D eigenvalue weighted by Crippen LogP contribution is -2.32. The largest absolute Gasteiger partial charge is 0.416 e. The van der Waals surface area contributed by atoms with E-state index in [-0.39, 0.29) is 18.0 Å². The van der Waals surface area contributed by atoms with Crippen molar-refractivity contribution in [2.24, 2.45) is 0 Å². The normalized spacial score (nSPS) is 18.9. The van der Waals surface area contributed by atoms with Gasteiger partial charge in [0.15, 0.2) is 0 Å². The highest BCUT2D eigenvalue weighted by molar-refractivity contribution is 8.01. The number of alkyl halides is 3. The molecule has 2 heterocycles. The van der Waals surface area contributed by atoms with Gasteiger partial charge in [0.2, 0.25) is 11.8 Å². The number of carbonyl (C=O) groups is 2. The number of fused-ring (bicyclic) bond motifs is 1. The summed E-state index contributed by atoms with van der Waals surface area (Å²) in [5, 5.41) is 4.57. The Hall–Kier alpha value is -2.68. The second-order valence-corrected chi connectivity index (χ2v) is 8.90. The first kappa shape index (κ1) is 21.5. The van der Waals surface area contributed by atoms with E-state index in [4.69, 9.17) is 0 Å². The standard InChI is InChI=1S/C22H22F3N3O2S/c23-22(24,25)14-4-9-18-17(12-14)27-21(30)19(31-18)13-20(29)26-15-5-7-16(8-6-15)28-10-2-1-3-11-28/h4-9,12,19H,1-3,10-11,13H2,(H,26,29)(H,27,30)/t19-/m1/s1. The molecule has 0 bridgehead atoms. The van der Waals surface area contributed by atoms with Crippen LogP contribution in [0.25, 0.3) is 0 Å². The second kappa shape index (κ2) is 8.82. The molecule has 0 radical (unpaired) electrons. The van der Waals surface area contributed by atoms with Crippen LogP contribution in [0.3, 0.4) is 0 Å². The predicted octanol–water partition coefficient (Wildman–Crippen LogP) is 5.14. The smallest absolute Gasteiger partial charge is 0.372 e. The summed E-state index contributed by atoms with van der Waals surface area (Å²) in [6, 6.07) is 10.8. The van der Waals surface area contributed by atoms with Gasteiger partial charge in [0, 0.05) is 35.8 Å². The monoisotopic (exact) mass is 449 g/mol. The molecule has 5 nitrogen and oxygen atoms in total. The lowest BCUT2D eigenvalue weighted by atomic mass is 10.1. The summed E-state index contributed by atoms with van der Waals surface area (Å²) in [5.74, 6) is -0.804. The van der Waals surface area contributed by atoms with E-state index in [1.165, 1.54) is 25.3 Å². The summed E-state index contributed by atoms with van der Waals surface area (Å²) < 4.78 is 38.6. The Kier molecular flexibility index (Phi) is 6.13. The van der Waals surface area contributed by atoms with Gasteiger partial charge >= 0.3 is 6.18 Å². The summed E-state index contributed by atoms with van der Waals surface area (Å²) in [5.41, 5.74) is 1.06. The van der Waals surface area contributed by atoms with Gasteiger partial charge in [-0.1, -0.05) is 0 Å². The number of piperidine rings is 1. The van der Waals surface area contributed by atoms with Crippen LogP contribution in [-0.4, -0.2) is 30.2 Å². The average molecular weight is 449 g/mol. The topological polar surface area (TPSA) is 61.4 Å². The van der Waals surface area contributed by atoms with Crippen LogP contribution < -0.4 is 15.5 Å². The summed E-state index contributed by atoms with van der Waals surface area (Å²) in [4.78, 5) is 27.6. The predicted molar refractivity (Wildman–Crippen MR) is 115 cm³/mol. The Morgan fingerprint density at radius 1 is 1.10 bits per heavy atom. The minimum atomic E-state index is -4.48. The SMILES string of the molecule is O=C(C[C@H]1Sc2ccc(C(F)(F)F)cc2NC1=O)Nc1ccc(N2CCCCC2)cc1. The van der Waals surface area contributed by atoms with E-state index in [0.717, 1.165) is 42.7 Å². The molecule has 0 spiro atoms. The van der Waals surface area contributed by atoms with Crippen LogP contribution >= 0.6 is 11.8 Å². The van der Waals surface area contributed by atoms with Crippen molar-refractivity contribution in [3.63, 3.8) is 0 Å². The van der Waals surface area contributed by atoms with Crippen LogP contribution in [0.5, 0.6) is 0 Å². The van der Waals surface area contributed by atoms with Gasteiger partial charge in [0.05, 0.1) is 16.5 Å². The number of amides is 2. The van der Waals surface area contributed by atoms with Gasteiger partial charge in [-0.3, -0.25) is 9.59 Å². The van der Waals surface area contributed by atoms with E-state index in [1.807, 2.05) is 24.3 Å². The van der Waals surface area contributed by atoms with Crippen molar-refractivity contribution in [3.8, 4) is 0 Å². The molecule has 4 rings (SSSR count). The summed E-state index contributed by atoms with van der Waals surface area (Å²) >= 11 is 1.10. The Bertz CT molecular complexity index is 973. The van der Waals surface area contributed by atoms with Crippen molar-refractivity contribution in [3.05, 3.63) is 48.0 Å². The molecule has 2 aromatic rings. The Morgan fingerprint density at radius 2 is 1.81 bits per heavy atom. The number of halogens is 3. The van der Waals surface area contributed by atoms with Crippen LogP contribution in [0.15, 0.2) is 47.4 Å². The number of nitrogens with zero attached hydrogens (tertiary/aromatic N) is 1. The molecule has 2 N–H and O–H groups in total.